The van der Waals surface area contributed by atoms with Gasteiger partial charge in [-0.1, -0.05) is 6.07 Å². The molecule has 0 saturated carbocycles. The van der Waals surface area contributed by atoms with E-state index in [9.17, 15) is 9.59 Å². The topological polar surface area (TPSA) is 74.3 Å². The van der Waals surface area contributed by atoms with Crippen LogP contribution in [-0.2, 0) is 11.2 Å². The number of aryl methyl sites for hydroxylation is 1. The van der Waals surface area contributed by atoms with Gasteiger partial charge < -0.3 is 15.5 Å². The zero-order valence-corrected chi connectivity index (χ0v) is 15.2. The highest BCUT2D eigenvalue weighted by molar-refractivity contribution is 5.96. The maximum atomic E-state index is 12.2. The lowest BCUT2D eigenvalue weighted by atomic mass is 10.1. The zero-order valence-electron chi connectivity index (χ0n) is 15.2. The quantitative estimate of drug-likeness (QED) is 0.867. The molecule has 1 aromatic heterocycles. The summed E-state index contributed by atoms with van der Waals surface area (Å²) >= 11 is 0. The molecular formula is C20H24N4O2. The molecule has 3 rings (SSSR count). The first-order valence-corrected chi connectivity index (χ1v) is 8.92. The molecule has 0 bridgehead atoms. The number of aromatic nitrogens is 1. The molecule has 6 nitrogen and oxygen atoms in total. The third-order valence-corrected chi connectivity index (χ3v) is 4.35. The van der Waals surface area contributed by atoms with Gasteiger partial charge in [0.15, 0.2) is 0 Å². The minimum atomic E-state index is -0.254. The van der Waals surface area contributed by atoms with Gasteiger partial charge in [-0.25, -0.2) is 4.79 Å². The molecule has 6 heteroatoms. The molecule has 1 saturated heterocycles. The van der Waals surface area contributed by atoms with Crippen LogP contribution in [-0.4, -0.2) is 29.5 Å². The normalized spacial score (nSPS) is 15.0. The van der Waals surface area contributed by atoms with E-state index < -0.39 is 0 Å². The number of benzene rings is 1. The lowest BCUT2D eigenvalue weighted by Gasteiger charge is -2.17. The fourth-order valence-corrected chi connectivity index (χ4v) is 3.11. The number of urea groups is 1. The van der Waals surface area contributed by atoms with Gasteiger partial charge in [-0.05, 0) is 56.7 Å². The van der Waals surface area contributed by atoms with Gasteiger partial charge in [0.25, 0.3) is 0 Å². The number of pyridine rings is 1. The summed E-state index contributed by atoms with van der Waals surface area (Å²) in [5, 5.41) is 5.74. The molecule has 1 fully saturated rings. The van der Waals surface area contributed by atoms with Gasteiger partial charge in [-0.15, -0.1) is 0 Å². The number of nitrogens with one attached hydrogen (secondary N) is 2. The van der Waals surface area contributed by atoms with Crippen LogP contribution in [0.5, 0.6) is 0 Å². The van der Waals surface area contributed by atoms with Crippen LogP contribution in [0.3, 0.4) is 0 Å². The summed E-state index contributed by atoms with van der Waals surface area (Å²) in [6.07, 6.45) is 2.18. The van der Waals surface area contributed by atoms with E-state index in [2.05, 4.69) is 15.6 Å². The Labute approximate surface area is 153 Å². The summed E-state index contributed by atoms with van der Waals surface area (Å²) in [6, 6.07) is 12.9. The number of anilines is 2. The summed E-state index contributed by atoms with van der Waals surface area (Å²) in [5.41, 5.74) is 3.49. The first-order valence-electron chi connectivity index (χ1n) is 8.92. The Bertz CT molecular complexity index is 789. The lowest BCUT2D eigenvalue weighted by Crippen LogP contribution is -2.37. The van der Waals surface area contributed by atoms with E-state index in [4.69, 9.17) is 0 Å². The smallest absolute Gasteiger partial charge is 0.319 e. The minimum Gasteiger partial charge on any atom is -0.335 e. The predicted octanol–water partition coefficient (Wildman–Crippen LogP) is 3.27. The fraction of sp³-hybridized carbons (Fsp3) is 0.350. The highest BCUT2D eigenvalue weighted by atomic mass is 16.2. The molecule has 0 unspecified atom stereocenters. The van der Waals surface area contributed by atoms with E-state index in [1.165, 1.54) is 0 Å². The van der Waals surface area contributed by atoms with Crippen molar-refractivity contribution in [2.75, 3.05) is 16.8 Å². The van der Waals surface area contributed by atoms with E-state index in [-0.39, 0.29) is 18.0 Å². The van der Waals surface area contributed by atoms with Crippen LogP contribution in [0, 0.1) is 6.92 Å². The summed E-state index contributed by atoms with van der Waals surface area (Å²) in [5.74, 6) is 0.155. The molecule has 0 spiro atoms. The molecular weight excluding hydrogens is 328 g/mol. The van der Waals surface area contributed by atoms with Crippen LogP contribution in [0.1, 0.15) is 31.2 Å². The molecule has 136 valence electrons. The van der Waals surface area contributed by atoms with Crippen molar-refractivity contribution in [3.05, 3.63) is 53.9 Å². The first-order chi connectivity index (χ1) is 12.5. The highest BCUT2D eigenvalue weighted by Crippen LogP contribution is 2.22. The van der Waals surface area contributed by atoms with E-state index in [1.807, 2.05) is 56.3 Å². The Balaban J connectivity index is 1.52. The van der Waals surface area contributed by atoms with Gasteiger partial charge >= 0.3 is 6.03 Å². The molecule has 2 N–H and O–H groups in total. The van der Waals surface area contributed by atoms with Crippen LogP contribution < -0.4 is 15.5 Å². The van der Waals surface area contributed by atoms with Crippen molar-refractivity contribution < 1.29 is 9.59 Å². The van der Waals surface area contributed by atoms with Gasteiger partial charge in [0.05, 0.1) is 0 Å². The van der Waals surface area contributed by atoms with Crippen molar-refractivity contribution in [1.29, 1.82) is 0 Å². The summed E-state index contributed by atoms with van der Waals surface area (Å²) in [7, 11) is 0. The van der Waals surface area contributed by atoms with Crippen molar-refractivity contribution >= 4 is 23.3 Å². The van der Waals surface area contributed by atoms with E-state index in [0.29, 0.717) is 18.5 Å². The highest BCUT2D eigenvalue weighted by Gasteiger charge is 2.21. The average Bonchev–Trinajstić information content (AvgIpc) is 3.01. The maximum absolute atomic E-state index is 12.2. The van der Waals surface area contributed by atoms with Crippen molar-refractivity contribution in [2.24, 2.45) is 0 Å². The Hall–Kier alpha value is -2.89. The molecule has 26 heavy (non-hydrogen) atoms. The maximum Gasteiger partial charge on any atom is 0.319 e. The first kappa shape index (κ1) is 17.9. The van der Waals surface area contributed by atoms with Crippen molar-refractivity contribution in [3.63, 3.8) is 0 Å². The number of carbonyl (C=O) groups excluding carboxylic acids is 2. The largest absolute Gasteiger partial charge is 0.335 e. The third-order valence-electron chi connectivity index (χ3n) is 4.35. The number of hydrogen-bond acceptors (Lipinski definition) is 3. The van der Waals surface area contributed by atoms with Crippen LogP contribution in [0.2, 0.25) is 0 Å². The Morgan fingerprint density at radius 2 is 2.00 bits per heavy atom. The van der Waals surface area contributed by atoms with Crippen molar-refractivity contribution in [3.8, 4) is 0 Å². The van der Waals surface area contributed by atoms with E-state index in [1.54, 1.807) is 4.90 Å². The van der Waals surface area contributed by atoms with Crippen molar-refractivity contribution in [2.45, 2.75) is 39.2 Å². The molecule has 0 radical (unpaired) electrons. The standard InChI is InChI=1S/C20H24N4O2/c1-14-5-3-6-17(21-14)13-15(2)22-20(26)23-16-8-10-18(11-9-16)24-12-4-7-19(24)25/h3,5-6,8-11,15H,4,7,12-13H2,1-2H3,(H2,22,23,26)/t15-/m0/s1. The number of amides is 3. The SMILES string of the molecule is Cc1cccc(C[C@H](C)NC(=O)Nc2ccc(N3CCCC3=O)cc2)n1. The molecule has 1 aliphatic rings. The predicted molar refractivity (Wildman–Crippen MR) is 102 cm³/mol. The molecule has 3 amide bonds. The van der Waals surface area contributed by atoms with Gasteiger partial charge in [-0.2, -0.15) is 0 Å². The van der Waals surface area contributed by atoms with Crippen LogP contribution in [0.15, 0.2) is 42.5 Å². The van der Waals surface area contributed by atoms with Crippen LogP contribution in [0.25, 0.3) is 0 Å². The molecule has 0 aliphatic carbocycles. The lowest BCUT2D eigenvalue weighted by molar-refractivity contribution is -0.117. The molecule has 1 aliphatic heterocycles. The number of nitrogens with zero attached hydrogens (tertiary/aromatic N) is 2. The second kappa shape index (κ2) is 7.99. The second-order valence-corrected chi connectivity index (χ2v) is 6.67. The number of carbonyl (C=O) groups is 2. The molecule has 2 heterocycles. The number of rotatable bonds is 5. The molecule has 2 aromatic rings. The third kappa shape index (κ3) is 4.59. The minimum absolute atomic E-state index is 0.0363. The number of hydrogen-bond donors (Lipinski definition) is 2. The van der Waals surface area contributed by atoms with Gasteiger partial charge in [-0.3, -0.25) is 9.78 Å². The molecule has 1 atom stereocenters. The summed E-state index contributed by atoms with van der Waals surface area (Å²) < 4.78 is 0. The zero-order chi connectivity index (χ0) is 18.5. The van der Waals surface area contributed by atoms with Gasteiger partial charge in [0.1, 0.15) is 0 Å². The summed E-state index contributed by atoms with van der Waals surface area (Å²) in [4.78, 5) is 30.2. The Kier molecular flexibility index (Phi) is 5.51. The molecule has 1 aromatic carbocycles. The fourth-order valence-electron chi connectivity index (χ4n) is 3.11. The average molecular weight is 352 g/mol. The summed E-state index contributed by atoms with van der Waals surface area (Å²) in [6.45, 7) is 4.66. The van der Waals surface area contributed by atoms with Crippen molar-refractivity contribution in [1.82, 2.24) is 10.3 Å². The van der Waals surface area contributed by atoms with Gasteiger partial charge in [0.2, 0.25) is 5.91 Å². The van der Waals surface area contributed by atoms with E-state index >= 15 is 0 Å². The van der Waals surface area contributed by atoms with Crippen LogP contribution >= 0.6 is 0 Å². The second-order valence-electron chi connectivity index (χ2n) is 6.67. The monoisotopic (exact) mass is 352 g/mol. The van der Waals surface area contributed by atoms with Crippen LogP contribution in [0.4, 0.5) is 16.2 Å². The Morgan fingerprint density at radius 3 is 2.65 bits per heavy atom. The van der Waals surface area contributed by atoms with E-state index in [0.717, 1.165) is 30.0 Å². The van der Waals surface area contributed by atoms with Gasteiger partial charge in [0, 0.05) is 48.2 Å². The Morgan fingerprint density at radius 1 is 1.23 bits per heavy atom.